The number of amides is 1. The number of nitrogens with two attached hydrogens (primary N) is 1. The zero-order valence-corrected chi connectivity index (χ0v) is 19.1. The van der Waals surface area contributed by atoms with Crippen molar-refractivity contribution >= 4 is 15.7 Å². The van der Waals surface area contributed by atoms with Crippen LogP contribution in [-0.4, -0.2) is 74.8 Å². The van der Waals surface area contributed by atoms with Gasteiger partial charge < -0.3 is 15.4 Å². The molecule has 1 saturated carbocycles. The van der Waals surface area contributed by atoms with Crippen LogP contribution in [0.25, 0.3) is 0 Å². The van der Waals surface area contributed by atoms with Crippen molar-refractivity contribution in [2.24, 2.45) is 11.7 Å². The van der Waals surface area contributed by atoms with Crippen molar-refractivity contribution in [3.63, 3.8) is 0 Å². The van der Waals surface area contributed by atoms with E-state index in [0.29, 0.717) is 63.3 Å². The second-order valence-corrected chi connectivity index (χ2v) is 11.4. The Kier molecular flexibility index (Phi) is 7.31. The molecule has 2 aliphatic heterocycles. The second kappa shape index (κ2) is 9.98. The number of hydrogen-bond donors (Lipinski definition) is 1. The van der Waals surface area contributed by atoms with Crippen LogP contribution in [0, 0.1) is 5.92 Å². The minimum absolute atomic E-state index is 0.0831. The lowest BCUT2D eigenvalue weighted by molar-refractivity contribution is -0.141. The van der Waals surface area contributed by atoms with E-state index < -0.39 is 15.1 Å². The zero-order chi connectivity index (χ0) is 21.8. The number of piperidine rings is 1. The van der Waals surface area contributed by atoms with Crippen molar-refractivity contribution < 1.29 is 17.9 Å². The van der Waals surface area contributed by atoms with Gasteiger partial charge in [-0.25, -0.2) is 8.42 Å². The Morgan fingerprint density at radius 3 is 2.55 bits per heavy atom. The lowest BCUT2D eigenvalue weighted by Gasteiger charge is -2.43. The maximum absolute atomic E-state index is 13.6. The minimum atomic E-state index is -3.56. The molecule has 0 bridgehead atoms. The quantitative estimate of drug-likeness (QED) is 0.737. The highest BCUT2D eigenvalue weighted by Gasteiger charge is 2.42. The lowest BCUT2D eigenvalue weighted by Crippen LogP contribution is -2.55. The minimum Gasteiger partial charge on any atom is -0.378 e. The molecule has 31 heavy (non-hydrogen) atoms. The Bertz CT molecular complexity index is 863. The average molecular weight is 450 g/mol. The first-order chi connectivity index (χ1) is 15.0. The van der Waals surface area contributed by atoms with Crippen molar-refractivity contribution in [3.8, 4) is 0 Å². The molecule has 2 heterocycles. The smallest absolute Gasteiger partial charge is 0.227 e. The standard InChI is InChI=1S/C23H35N3O4S/c24-15-18-5-4-8-21(13-18)31(28,29)22-14-19(23(27)25-9-11-30-12-10-25)16-26(17-22)20-6-2-1-3-7-20/h4-5,8,13,19-20,22H,1-3,6-7,9-12,14-17,24H2/t19-,22-/m0/s1. The Balaban J connectivity index is 1.59. The van der Waals surface area contributed by atoms with E-state index in [-0.39, 0.29) is 11.8 Å². The number of morpholine rings is 1. The molecule has 0 spiro atoms. The summed E-state index contributed by atoms with van der Waals surface area (Å²) in [6.07, 6.45) is 6.17. The molecule has 3 aliphatic rings. The van der Waals surface area contributed by atoms with Crippen molar-refractivity contribution in [3.05, 3.63) is 29.8 Å². The van der Waals surface area contributed by atoms with Crippen LogP contribution >= 0.6 is 0 Å². The van der Waals surface area contributed by atoms with Gasteiger partial charge >= 0.3 is 0 Å². The van der Waals surface area contributed by atoms with Gasteiger partial charge in [0.2, 0.25) is 5.91 Å². The largest absolute Gasteiger partial charge is 0.378 e. The lowest BCUT2D eigenvalue weighted by atomic mass is 9.89. The molecule has 2 atom stereocenters. The first-order valence-electron chi connectivity index (χ1n) is 11.6. The number of carbonyl (C=O) groups is 1. The van der Waals surface area contributed by atoms with Crippen molar-refractivity contribution in [1.82, 2.24) is 9.80 Å². The summed E-state index contributed by atoms with van der Waals surface area (Å²) in [7, 11) is -3.56. The molecule has 0 aromatic heterocycles. The van der Waals surface area contributed by atoms with Crippen LogP contribution in [0.3, 0.4) is 0 Å². The van der Waals surface area contributed by atoms with Gasteiger partial charge in [0.15, 0.2) is 9.84 Å². The van der Waals surface area contributed by atoms with Gasteiger partial charge in [-0.2, -0.15) is 0 Å². The Hall–Kier alpha value is -1.48. The summed E-state index contributed by atoms with van der Waals surface area (Å²) in [5.41, 5.74) is 6.55. The molecule has 1 amide bonds. The third kappa shape index (κ3) is 5.13. The van der Waals surface area contributed by atoms with Crippen LogP contribution in [0.1, 0.15) is 44.1 Å². The predicted octanol–water partition coefficient (Wildman–Crippen LogP) is 1.80. The molecule has 4 rings (SSSR count). The van der Waals surface area contributed by atoms with Crippen LogP contribution in [0.4, 0.5) is 0 Å². The molecule has 8 heteroatoms. The summed E-state index contributed by atoms with van der Waals surface area (Å²) in [6, 6.07) is 7.33. The monoisotopic (exact) mass is 449 g/mol. The summed E-state index contributed by atoms with van der Waals surface area (Å²) in [6.45, 7) is 3.77. The van der Waals surface area contributed by atoms with Gasteiger partial charge in [-0.1, -0.05) is 31.4 Å². The molecule has 0 unspecified atom stereocenters. The van der Waals surface area contributed by atoms with E-state index >= 15 is 0 Å². The molecule has 1 aromatic rings. The Morgan fingerprint density at radius 2 is 1.84 bits per heavy atom. The maximum Gasteiger partial charge on any atom is 0.227 e. The van der Waals surface area contributed by atoms with Gasteiger partial charge in [0.05, 0.1) is 29.3 Å². The Labute approximate surface area is 185 Å². The van der Waals surface area contributed by atoms with Gasteiger partial charge in [0, 0.05) is 38.8 Å². The summed E-state index contributed by atoms with van der Waals surface area (Å²) in [5, 5.41) is -0.578. The topological polar surface area (TPSA) is 92.9 Å². The van der Waals surface area contributed by atoms with E-state index in [1.54, 1.807) is 18.2 Å². The van der Waals surface area contributed by atoms with Crippen LogP contribution in [0.15, 0.2) is 29.2 Å². The number of ether oxygens (including phenoxy) is 1. The van der Waals surface area contributed by atoms with Crippen molar-refractivity contribution in [1.29, 1.82) is 0 Å². The fraction of sp³-hybridized carbons (Fsp3) is 0.696. The van der Waals surface area contributed by atoms with E-state index in [2.05, 4.69) is 4.90 Å². The molecule has 1 aromatic carbocycles. The summed E-state index contributed by atoms with van der Waals surface area (Å²) in [4.78, 5) is 17.8. The third-order valence-corrected chi connectivity index (χ3v) is 9.24. The highest BCUT2D eigenvalue weighted by molar-refractivity contribution is 7.92. The van der Waals surface area contributed by atoms with Crippen LogP contribution in [0.2, 0.25) is 0 Å². The number of likely N-dealkylation sites (tertiary alicyclic amines) is 1. The predicted molar refractivity (Wildman–Crippen MR) is 119 cm³/mol. The SMILES string of the molecule is NCc1cccc(S(=O)(=O)[C@H]2C[C@H](C(=O)N3CCOCC3)CN(C3CCCCC3)C2)c1. The summed E-state index contributed by atoms with van der Waals surface area (Å²) in [5.74, 6) is -0.203. The normalized spacial score (nSPS) is 26.7. The summed E-state index contributed by atoms with van der Waals surface area (Å²) >= 11 is 0. The molecule has 2 saturated heterocycles. The Morgan fingerprint density at radius 1 is 1.10 bits per heavy atom. The van der Waals surface area contributed by atoms with Crippen molar-refractivity contribution in [2.45, 2.75) is 61.3 Å². The van der Waals surface area contributed by atoms with E-state index in [4.69, 9.17) is 10.5 Å². The number of benzene rings is 1. The first kappa shape index (κ1) is 22.7. The zero-order valence-electron chi connectivity index (χ0n) is 18.2. The van der Waals surface area contributed by atoms with E-state index in [0.717, 1.165) is 18.4 Å². The maximum atomic E-state index is 13.6. The van der Waals surface area contributed by atoms with Gasteiger partial charge in [0.1, 0.15) is 0 Å². The van der Waals surface area contributed by atoms with Gasteiger partial charge in [-0.05, 0) is 37.0 Å². The van der Waals surface area contributed by atoms with Gasteiger partial charge in [0.25, 0.3) is 0 Å². The fourth-order valence-electron chi connectivity index (χ4n) is 5.32. The second-order valence-electron chi connectivity index (χ2n) is 9.13. The highest BCUT2D eigenvalue weighted by atomic mass is 32.2. The number of sulfone groups is 1. The highest BCUT2D eigenvalue weighted by Crippen LogP contribution is 2.33. The number of nitrogens with zero attached hydrogens (tertiary/aromatic N) is 2. The van der Waals surface area contributed by atoms with E-state index in [1.807, 2.05) is 11.0 Å². The summed E-state index contributed by atoms with van der Waals surface area (Å²) < 4.78 is 32.6. The average Bonchev–Trinajstić information content (AvgIpc) is 2.84. The molecule has 172 valence electrons. The molecule has 7 nitrogen and oxygen atoms in total. The third-order valence-electron chi connectivity index (χ3n) is 7.11. The molecular formula is C23H35N3O4S. The van der Waals surface area contributed by atoms with E-state index in [9.17, 15) is 13.2 Å². The number of hydrogen-bond acceptors (Lipinski definition) is 6. The van der Waals surface area contributed by atoms with Gasteiger partial charge in [-0.15, -0.1) is 0 Å². The van der Waals surface area contributed by atoms with Crippen LogP contribution < -0.4 is 5.73 Å². The number of carbonyl (C=O) groups excluding carboxylic acids is 1. The first-order valence-corrected chi connectivity index (χ1v) is 13.2. The van der Waals surface area contributed by atoms with Crippen LogP contribution in [0.5, 0.6) is 0 Å². The van der Waals surface area contributed by atoms with Crippen molar-refractivity contribution in [2.75, 3.05) is 39.4 Å². The molecular weight excluding hydrogens is 414 g/mol. The fourth-order valence-corrected chi connectivity index (χ4v) is 7.16. The molecule has 1 aliphatic carbocycles. The molecule has 0 radical (unpaired) electrons. The van der Waals surface area contributed by atoms with Gasteiger partial charge in [-0.3, -0.25) is 9.69 Å². The van der Waals surface area contributed by atoms with Crippen LogP contribution in [-0.2, 0) is 25.9 Å². The molecule has 3 fully saturated rings. The number of rotatable bonds is 5. The van der Waals surface area contributed by atoms with E-state index in [1.165, 1.54) is 19.3 Å². The molecule has 2 N–H and O–H groups in total.